The minimum absolute atomic E-state index is 1.60. The van der Waals surface area contributed by atoms with Crippen molar-refractivity contribution in [1.29, 1.82) is 0 Å². The summed E-state index contributed by atoms with van der Waals surface area (Å²) in [4.78, 5) is 10.2. The first-order valence-corrected chi connectivity index (χ1v) is 5.77. The average Bonchev–Trinajstić information content (AvgIpc) is 1.60. The van der Waals surface area contributed by atoms with Gasteiger partial charge in [0.1, 0.15) is 0 Å². The smallest absolute Gasteiger partial charge is 0.416 e. The monoisotopic (exact) mass is 188 g/mol. The Labute approximate surface area is 63.8 Å². The Balaban J connectivity index is 3.87. The molecule has 0 aromatic heterocycles. The van der Waals surface area contributed by atoms with Crippen molar-refractivity contribution < 1.29 is 18.0 Å². The Hall–Kier alpha value is -0.163. The van der Waals surface area contributed by atoms with E-state index < -0.39 is 20.4 Å². The van der Waals surface area contributed by atoms with E-state index in [1.165, 1.54) is 0 Å². The zero-order valence-electron chi connectivity index (χ0n) is 5.53. The summed E-state index contributed by atoms with van der Waals surface area (Å²) in [6, 6.07) is 0. The van der Waals surface area contributed by atoms with Crippen LogP contribution in [0, 0.1) is 0 Å². The first kappa shape index (κ1) is 9.84. The summed E-state index contributed by atoms with van der Waals surface area (Å²) < 4.78 is 27.8. The summed E-state index contributed by atoms with van der Waals surface area (Å²) in [5.74, 6) is -1.64. The van der Waals surface area contributed by atoms with Crippen LogP contribution in [0.1, 0.15) is 0 Å². The van der Waals surface area contributed by atoms with Gasteiger partial charge in [0, 0.05) is 0 Å². The van der Waals surface area contributed by atoms with E-state index in [0.29, 0.717) is 0 Å². The molecule has 2 nitrogen and oxygen atoms in total. The minimum atomic E-state index is -3.86. The van der Waals surface area contributed by atoms with E-state index >= 15 is 0 Å². The van der Waals surface area contributed by atoms with Crippen molar-refractivity contribution in [3.8, 4) is 0 Å². The van der Waals surface area contributed by atoms with Crippen molar-refractivity contribution in [2.24, 2.45) is 0 Å². The molecule has 0 bridgehead atoms. The predicted molar refractivity (Wildman–Crippen MR) is 35.8 cm³/mol. The van der Waals surface area contributed by atoms with Crippen molar-refractivity contribution in [2.75, 3.05) is 0 Å². The molecule has 0 fully saturated rings. The third kappa shape index (κ3) is 3.79. The molecule has 0 saturated carbocycles. The van der Waals surface area contributed by atoms with Gasteiger partial charge < -0.3 is 4.43 Å². The molecule has 10 heavy (non-hydrogen) atoms. The highest BCUT2D eigenvalue weighted by molar-refractivity contribution is 6.51. The third-order valence-corrected chi connectivity index (χ3v) is 1.41. The SMILES string of the molecule is C[SiH](C)OC(=O)C(F)(F)Cl. The molecule has 0 heterocycles. The van der Waals surface area contributed by atoms with E-state index in [-0.39, 0.29) is 0 Å². The molecule has 0 atom stereocenters. The number of hydrogen-bond donors (Lipinski definition) is 0. The fourth-order valence-corrected chi connectivity index (χ4v) is 0.976. The van der Waals surface area contributed by atoms with Crippen LogP contribution in [0.2, 0.25) is 13.1 Å². The lowest BCUT2D eigenvalue weighted by atomic mass is 10.7. The highest BCUT2D eigenvalue weighted by atomic mass is 35.5. The number of rotatable bonds is 2. The Morgan fingerprint density at radius 1 is 1.60 bits per heavy atom. The van der Waals surface area contributed by atoms with E-state index in [9.17, 15) is 13.6 Å². The van der Waals surface area contributed by atoms with Crippen LogP contribution in [-0.4, -0.2) is 20.4 Å². The van der Waals surface area contributed by atoms with Crippen LogP contribution in [0.5, 0.6) is 0 Å². The molecular weight excluding hydrogens is 182 g/mol. The Morgan fingerprint density at radius 3 is 2.10 bits per heavy atom. The van der Waals surface area contributed by atoms with Crippen molar-refractivity contribution in [3.63, 3.8) is 0 Å². The first-order valence-electron chi connectivity index (χ1n) is 2.62. The van der Waals surface area contributed by atoms with Crippen LogP contribution in [0.3, 0.4) is 0 Å². The van der Waals surface area contributed by atoms with Crippen molar-refractivity contribution in [2.45, 2.75) is 18.5 Å². The maximum absolute atomic E-state index is 11.8. The highest BCUT2D eigenvalue weighted by Gasteiger charge is 2.37. The Morgan fingerprint density at radius 2 is 2.00 bits per heavy atom. The number of alkyl halides is 3. The highest BCUT2D eigenvalue weighted by Crippen LogP contribution is 2.20. The fraction of sp³-hybridized carbons (Fsp3) is 0.750. The molecule has 6 heteroatoms. The van der Waals surface area contributed by atoms with Gasteiger partial charge in [-0.15, -0.1) is 0 Å². The normalized spacial score (nSPS) is 11.8. The van der Waals surface area contributed by atoms with E-state index in [2.05, 4.69) is 16.0 Å². The van der Waals surface area contributed by atoms with Gasteiger partial charge in [-0.25, -0.2) is 4.79 Å². The molecule has 0 radical (unpaired) electrons. The first-order chi connectivity index (χ1) is 4.34. The van der Waals surface area contributed by atoms with Crippen molar-refractivity contribution in [1.82, 2.24) is 0 Å². The zero-order chi connectivity index (χ0) is 8.36. The van der Waals surface area contributed by atoms with Crippen molar-refractivity contribution >= 4 is 26.6 Å². The molecule has 0 N–H and O–H groups in total. The molecule has 0 spiro atoms. The summed E-state index contributed by atoms with van der Waals surface area (Å²) in [7, 11) is -1.74. The molecule has 0 unspecified atom stereocenters. The Kier molecular flexibility index (Phi) is 3.24. The van der Waals surface area contributed by atoms with Gasteiger partial charge in [-0.3, -0.25) is 0 Å². The number of carbonyl (C=O) groups is 1. The maximum atomic E-state index is 11.8. The quantitative estimate of drug-likeness (QED) is 0.483. The molecule has 60 valence electrons. The minimum Gasteiger partial charge on any atom is -0.517 e. The van der Waals surface area contributed by atoms with Crippen LogP contribution in [0.25, 0.3) is 0 Å². The van der Waals surface area contributed by atoms with Gasteiger partial charge in [-0.2, -0.15) is 8.78 Å². The zero-order valence-corrected chi connectivity index (χ0v) is 7.44. The van der Waals surface area contributed by atoms with Gasteiger partial charge in [0.15, 0.2) is 0 Å². The lowest BCUT2D eigenvalue weighted by Gasteiger charge is -2.09. The van der Waals surface area contributed by atoms with E-state index in [0.717, 1.165) is 0 Å². The fourth-order valence-electron chi connectivity index (χ4n) is 0.281. The molecule has 0 aliphatic carbocycles. The second-order valence-electron chi connectivity index (χ2n) is 1.95. The summed E-state index contributed by atoms with van der Waals surface area (Å²) in [5, 5.41) is -3.86. The van der Waals surface area contributed by atoms with E-state index in [1.54, 1.807) is 13.1 Å². The van der Waals surface area contributed by atoms with Gasteiger partial charge in [0.25, 0.3) is 0 Å². The standard InChI is InChI=1S/C4H7ClF2O2Si/c1-10(2)9-3(8)4(5,6)7/h10H,1-2H3. The second kappa shape index (κ2) is 3.29. The van der Waals surface area contributed by atoms with Gasteiger partial charge in [0.2, 0.25) is 9.04 Å². The number of halogens is 3. The molecule has 0 aromatic rings. The van der Waals surface area contributed by atoms with E-state index in [1.807, 2.05) is 0 Å². The van der Waals surface area contributed by atoms with Gasteiger partial charge in [0.05, 0.1) is 0 Å². The van der Waals surface area contributed by atoms with Crippen LogP contribution >= 0.6 is 11.6 Å². The summed E-state index contributed by atoms with van der Waals surface area (Å²) in [5.41, 5.74) is 0. The van der Waals surface area contributed by atoms with Crippen molar-refractivity contribution in [3.05, 3.63) is 0 Å². The van der Waals surface area contributed by atoms with Gasteiger partial charge in [-0.05, 0) is 24.7 Å². The van der Waals surface area contributed by atoms with E-state index in [4.69, 9.17) is 0 Å². The lowest BCUT2D eigenvalue weighted by molar-refractivity contribution is -0.151. The predicted octanol–water partition coefficient (Wildman–Crippen LogP) is 1.34. The topological polar surface area (TPSA) is 26.3 Å². The second-order valence-corrected chi connectivity index (χ2v) is 4.76. The summed E-state index contributed by atoms with van der Waals surface area (Å²) in [6.45, 7) is 3.20. The molecular formula is C4H7ClF2O2Si. The largest absolute Gasteiger partial charge is 0.517 e. The molecule has 0 aromatic carbocycles. The molecule has 0 aliphatic rings. The molecule has 0 saturated heterocycles. The van der Waals surface area contributed by atoms with Gasteiger partial charge in [-0.1, -0.05) is 0 Å². The molecule has 0 amide bonds. The summed E-state index contributed by atoms with van der Waals surface area (Å²) >= 11 is 4.34. The maximum Gasteiger partial charge on any atom is 0.416 e. The van der Waals surface area contributed by atoms with Crippen LogP contribution in [0.15, 0.2) is 0 Å². The van der Waals surface area contributed by atoms with Crippen LogP contribution in [-0.2, 0) is 9.22 Å². The van der Waals surface area contributed by atoms with Crippen LogP contribution in [0.4, 0.5) is 8.78 Å². The molecule has 0 aliphatic heterocycles. The number of hydrogen-bond acceptors (Lipinski definition) is 2. The van der Waals surface area contributed by atoms with Gasteiger partial charge >= 0.3 is 11.4 Å². The summed E-state index contributed by atoms with van der Waals surface area (Å²) in [6.07, 6.45) is 0. The van der Waals surface area contributed by atoms with Crippen LogP contribution < -0.4 is 0 Å². The molecule has 0 rings (SSSR count). The third-order valence-electron chi connectivity index (χ3n) is 0.574. The average molecular weight is 189 g/mol. The number of carbonyl (C=O) groups excluding carboxylic acids is 1. The lowest BCUT2D eigenvalue weighted by Crippen LogP contribution is -2.28. The Bertz CT molecular complexity index is 134.